The zero-order valence-corrected chi connectivity index (χ0v) is 16.0. The molecular weight excluding hydrogens is 372 g/mol. The number of aliphatic hydroxyl groups excluding tert-OH is 2. The Bertz CT molecular complexity index is 1120. The number of nitrogens with one attached hydrogen (secondary N) is 1. The lowest BCUT2D eigenvalue weighted by Crippen LogP contribution is -2.25. The van der Waals surface area contributed by atoms with Crippen molar-refractivity contribution in [2.75, 3.05) is 18.1 Å². The lowest BCUT2D eigenvalue weighted by molar-refractivity contribution is 0.0963. The van der Waals surface area contributed by atoms with Gasteiger partial charge in [-0.25, -0.2) is 4.79 Å². The summed E-state index contributed by atoms with van der Waals surface area (Å²) in [6.45, 7) is 1.72. The molecule has 3 aromatic rings. The Morgan fingerprint density at radius 2 is 2.00 bits per heavy atom. The Kier molecular flexibility index (Phi) is 5.08. The SMILES string of the molecule is CC(O)Cc1ccccc1-c1cc2ccc(N3C[C@H](CO)OC3=O)cc2c(=O)[nH]1. The molecule has 1 amide bonds. The Labute approximate surface area is 167 Å². The van der Waals surface area contributed by atoms with Crippen LogP contribution in [-0.2, 0) is 11.2 Å². The molecule has 2 aromatic carbocycles. The van der Waals surface area contributed by atoms with Crippen LogP contribution >= 0.6 is 0 Å². The van der Waals surface area contributed by atoms with Gasteiger partial charge in [0.2, 0.25) is 0 Å². The number of amides is 1. The average molecular weight is 394 g/mol. The van der Waals surface area contributed by atoms with E-state index in [0.29, 0.717) is 23.2 Å². The van der Waals surface area contributed by atoms with Crippen LogP contribution in [0.2, 0.25) is 0 Å². The maximum Gasteiger partial charge on any atom is 0.414 e. The molecule has 1 fully saturated rings. The van der Waals surface area contributed by atoms with Crippen molar-refractivity contribution in [2.45, 2.75) is 25.6 Å². The van der Waals surface area contributed by atoms with E-state index in [2.05, 4.69) is 4.98 Å². The molecule has 0 radical (unpaired) electrons. The molecule has 2 atom stereocenters. The first-order chi connectivity index (χ1) is 14.0. The fraction of sp³-hybridized carbons (Fsp3) is 0.273. The van der Waals surface area contributed by atoms with Crippen LogP contribution in [0.25, 0.3) is 22.0 Å². The van der Waals surface area contributed by atoms with Crippen molar-refractivity contribution in [3.05, 3.63) is 64.4 Å². The quantitative estimate of drug-likeness (QED) is 0.617. The maximum atomic E-state index is 12.8. The zero-order valence-electron chi connectivity index (χ0n) is 16.0. The van der Waals surface area contributed by atoms with Crippen molar-refractivity contribution in [2.24, 2.45) is 0 Å². The molecule has 0 aliphatic carbocycles. The molecule has 4 rings (SSSR count). The van der Waals surface area contributed by atoms with Crippen molar-refractivity contribution < 1.29 is 19.7 Å². The van der Waals surface area contributed by atoms with Crippen molar-refractivity contribution in [1.29, 1.82) is 0 Å². The van der Waals surface area contributed by atoms with E-state index in [1.165, 1.54) is 4.90 Å². The van der Waals surface area contributed by atoms with Crippen LogP contribution in [0.4, 0.5) is 10.5 Å². The molecule has 2 heterocycles. The molecule has 1 saturated heterocycles. The molecule has 7 heteroatoms. The minimum absolute atomic E-state index is 0.240. The third kappa shape index (κ3) is 3.74. The van der Waals surface area contributed by atoms with Crippen LogP contribution < -0.4 is 10.5 Å². The van der Waals surface area contributed by atoms with E-state index in [0.717, 1.165) is 16.5 Å². The van der Waals surface area contributed by atoms with Crippen LogP contribution in [-0.4, -0.2) is 46.6 Å². The van der Waals surface area contributed by atoms with Crippen LogP contribution in [0.5, 0.6) is 0 Å². The van der Waals surface area contributed by atoms with Crippen LogP contribution in [0.15, 0.2) is 53.3 Å². The largest absolute Gasteiger partial charge is 0.441 e. The fourth-order valence-corrected chi connectivity index (χ4v) is 3.67. The van der Waals surface area contributed by atoms with Gasteiger partial charge in [-0.3, -0.25) is 9.69 Å². The minimum atomic E-state index is -0.565. The number of ether oxygens (including phenoxy) is 1. The van der Waals surface area contributed by atoms with Gasteiger partial charge in [-0.15, -0.1) is 0 Å². The number of fused-ring (bicyclic) bond motifs is 1. The number of hydrogen-bond acceptors (Lipinski definition) is 5. The molecular formula is C22H22N2O5. The van der Waals surface area contributed by atoms with Crippen molar-refractivity contribution >= 4 is 22.6 Å². The van der Waals surface area contributed by atoms with E-state index < -0.39 is 18.3 Å². The lowest BCUT2D eigenvalue weighted by Gasteiger charge is -2.15. The van der Waals surface area contributed by atoms with Gasteiger partial charge in [-0.05, 0) is 42.5 Å². The monoisotopic (exact) mass is 394 g/mol. The van der Waals surface area contributed by atoms with Crippen molar-refractivity contribution in [1.82, 2.24) is 4.98 Å². The number of aliphatic hydroxyl groups is 2. The highest BCUT2D eigenvalue weighted by Gasteiger charge is 2.32. The maximum absolute atomic E-state index is 12.8. The molecule has 29 heavy (non-hydrogen) atoms. The second-order valence-electron chi connectivity index (χ2n) is 7.29. The first kappa shape index (κ1) is 19.2. The first-order valence-electron chi connectivity index (χ1n) is 9.48. The summed E-state index contributed by atoms with van der Waals surface area (Å²) < 4.78 is 5.07. The lowest BCUT2D eigenvalue weighted by atomic mass is 9.98. The summed E-state index contributed by atoms with van der Waals surface area (Å²) in [5.41, 5.74) is 2.77. The third-order valence-corrected chi connectivity index (χ3v) is 5.04. The van der Waals surface area contributed by atoms with Crippen molar-refractivity contribution in [3.8, 4) is 11.3 Å². The van der Waals surface area contributed by atoms with E-state index in [1.54, 1.807) is 25.1 Å². The molecule has 0 saturated carbocycles. The summed E-state index contributed by atoms with van der Waals surface area (Å²) in [4.78, 5) is 29.1. The number of cyclic esters (lactones) is 1. The molecule has 1 aromatic heterocycles. The van der Waals surface area contributed by atoms with E-state index in [-0.39, 0.29) is 18.7 Å². The molecule has 3 N–H and O–H groups in total. The predicted octanol–water partition coefficient (Wildman–Crippen LogP) is 2.44. The number of anilines is 1. The summed E-state index contributed by atoms with van der Waals surface area (Å²) in [5.74, 6) is 0. The second kappa shape index (κ2) is 7.69. The van der Waals surface area contributed by atoms with Crippen LogP contribution in [0.3, 0.4) is 0 Å². The first-order valence-corrected chi connectivity index (χ1v) is 9.48. The minimum Gasteiger partial charge on any atom is -0.441 e. The third-order valence-electron chi connectivity index (χ3n) is 5.04. The van der Waals surface area contributed by atoms with Gasteiger partial charge in [-0.1, -0.05) is 30.3 Å². The van der Waals surface area contributed by atoms with E-state index >= 15 is 0 Å². The predicted molar refractivity (Wildman–Crippen MR) is 110 cm³/mol. The summed E-state index contributed by atoms with van der Waals surface area (Å²) in [7, 11) is 0. The Balaban J connectivity index is 1.75. The number of pyridine rings is 1. The number of carbonyl (C=O) groups excluding carboxylic acids is 1. The van der Waals surface area contributed by atoms with Gasteiger partial charge in [0.15, 0.2) is 0 Å². The molecule has 1 unspecified atom stereocenters. The molecule has 1 aliphatic heterocycles. The van der Waals surface area contributed by atoms with E-state index in [4.69, 9.17) is 4.74 Å². The number of nitrogens with zero attached hydrogens (tertiary/aromatic N) is 1. The normalized spacial score (nSPS) is 17.6. The van der Waals surface area contributed by atoms with Gasteiger partial charge in [-0.2, -0.15) is 0 Å². The van der Waals surface area contributed by atoms with Gasteiger partial charge < -0.3 is 19.9 Å². The Morgan fingerprint density at radius 1 is 1.21 bits per heavy atom. The highest BCUT2D eigenvalue weighted by molar-refractivity contribution is 5.94. The molecule has 0 spiro atoms. The zero-order chi connectivity index (χ0) is 20.5. The summed E-state index contributed by atoms with van der Waals surface area (Å²) in [5, 5.41) is 20.2. The number of carbonyl (C=O) groups is 1. The van der Waals surface area contributed by atoms with Gasteiger partial charge in [0, 0.05) is 22.3 Å². The number of aromatic nitrogens is 1. The molecule has 1 aliphatic rings. The number of rotatable bonds is 5. The number of H-pyrrole nitrogens is 1. The van der Waals surface area contributed by atoms with Gasteiger partial charge >= 0.3 is 6.09 Å². The topological polar surface area (TPSA) is 103 Å². The summed E-state index contributed by atoms with van der Waals surface area (Å²) in [6.07, 6.45) is -1.11. The average Bonchev–Trinajstić information content (AvgIpc) is 3.08. The van der Waals surface area contributed by atoms with Crippen molar-refractivity contribution in [3.63, 3.8) is 0 Å². The van der Waals surface area contributed by atoms with Crippen LogP contribution in [0, 0.1) is 0 Å². The van der Waals surface area contributed by atoms with Gasteiger partial charge in [0.1, 0.15) is 6.10 Å². The van der Waals surface area contributed by atoms with E-state index in [9.17, 15) is 19.8 Å². The summed E-state index contributed by atoms with van der Waals surface area (Å²) in [6, 6.07) is 14.7. The summed E-state index contributed by atoms with van der Waals surface area (Å²) >= 11 is 0. The molecule has 0 bridgehead atoms. The fourth-order valence-electron chi connectivity index (χ4n) is 3.67. The number of aromatic amines is 1. The van der Waals surface area contributed by atoms with E-state index in [1.807, 2.05) is 30.3 Å². The Morgan fingerprint density at radius 3 is 2.72 bits per heavy atom. The van der Waals surface area contributed by atoms with Crippen LogP contribution in [0.1, 0.15) is 12.5 Å². The van der Waals surface area contributed by atoms with Gasteiger partial charge in [0.25, 0.3) is 5.56 Å². The smallest absolute Gasteiger partial charge is 0.414 e. The second-order valence-corrected chi connectivity index (χ2v) is 7.29. The standard InChI is InChI=1S/C22H22N2O5/c1-13(26)8-14-4-2-3-5-18(14)20-9-15-6-7-16(10-19(15)21(27)23-20)24-11-17(12-25)29-22(24)28/h2-7,9-10,13,17,25-26H,8,11-12H2,1H3,(H,23,27)/t13?,17-/m1/s1. The Hall–Kier alpha value is -3.16. The molecule has 150 valence electrons. The highest BCUT2D eigenvalue weighted by atomic mass is 16.6. The number of hydrogen-bond donors (Lipinski definition) is 3. The molecule has 7 nitrogen and oxygen atoms in total. The number of benzene rings is 2. The highest BCUT2D eigenvalue weighted by Crippen LogP contribution is 2.28. The van der Waals surface area contributed by atoms with Gasteiger partial charge in [0.05, 0.1) is 19.3 Å².